The van der Waals surface area contributed by atoms with E-state index in [1.165, 1.54) is 18.4 Å². The van der Waals surface area contributed by atoms with Crippen LogP contribution in [-0.2, 0) is 0 Å². The van der Waals surface area contributed by atoms with Gasteiger partial charge in [-0.3, -0.25) is 4.79 Å². The van der Waals surface area contributed by atoms with Gasteiger partial charge in [0.15, 0.2) is 5.78 Å². The average molecular weight is 305 g/mol. The number of hydrogen-bond acceptors (Lipinski definition) is 2. The number of rotatable bonds is 3. The van der Waals surface area contributed by atoms with Crippen molar-refractivity contribution in [2.75, 3.05) is 7.05 Å². The van der Waals surface area contributed by atoms with E-state index in [1.54, 1.807) is 0 Å². The van der Waals surface area contributed by atoms with Crippen LogP contribution in [-0.4, -0.2) is 29.8 Å². The summed E-state index contributed by atoms with van der Waals surface area (Å²) in [5.41, 5.74) is 3.18. The molecule has 2 heteroatoms. The summed E-state index contributed by atoms with van der Waals surface area (Å²) in [5, 5.41) is 0. The van der Waals surface area contributed by atoms with Gasteiger partial charge in [0.05, 0.1) is 0 Å². The number of hydrogen-bond donors (Lipinski definition) is 0. The van der Waals surface area contributed by atoms with Crippen LogP contribution in [0.15, 0.2) is 54.6 Å². The number of carbonyl (C=O) groups is 1. The van der Waals surface area contributed by atoms with E-state index in [1.807, 2.05) is 30.3 Å². The average Bonchev–Trinajstić information content (AvgIpc) is 2.83. The molecule has 2 heterocycles. The van der Waals surface area contributed by atoms with E-state index in [4.69, 9.17) is 0 Å². The fourth-order valence-corrected chi connectivity index (χ4v) is 4.34. The van der Waals surface area contributed by atoms with E-state index in [0.717, 1.165) is 24.0 Å². The summed E-state index contributed by atoms with van der Waals surface area (Å²) < 4.78 is 0. The molecule has 2 nitrogen and oxygen atoms in total. The van der Waals surface area contributed by atoms with E-state index in [2.05, 4.69) is 36.2 Å². The van der Waals surface area contributed by atoms with Gasteiger partial charge in [-0.05, 0) is 49.9 Å². The van der Waals surface area contributed by atoms with Crippen molar-refractivity contribution in [3.05, 3.63) is 60.2 Å². The van der Waals surface area contributed by atoms with Gasteiger partial charge in [0.25, 0.3) is 0 Å². The number of fused-ring (bicyclic) bond motifs is 2. The molecule has 2 aliphatic heterocycles. The van der Waals surface area contributed by atoms with Gasteiger partial charge >= 0.3 is 0 Å². The van der Waals surface area contributed by atoms with Crippen LogP contribution in [0.2, 0.25) is 0 Å². The molecule has 0 amide bonds. The van der Waals surface area contributed by atoms with Gasteiger partial charge in [0.2, 0.25) is 0 Å². The summed E-state index contributed by atoms with van der Waals surface area (Å²) in [5.74, 6) is 0.544. The molecule has 118 valence electrons. The predicted octanol–water partition coefficient (Wildman–Crippen LogP) is 4.41. The lowest BCUT2D eigenvalue weighted by Gasteiger charge is -2.35. The van der Waals surface area contributed by atoms with Crippen LogP contribution in [0.5, 0.6) is 0 Å². The topological polar surface area (TPSA) is 20.3 Å². The smallest absolute Gasteiger partial charge is 0.166 e. The molecule has 2 saturated heterocycles. The van der Waals surface area contributed by atoms with Crippen molar-refractivity contribution >= 4 is 5.78 Å². The third kappa shape index (κ3) is 2.72. The highest BCUT2D eigenvalue weighted by molar-refractivity contribution is 5.99. The second-order valence-corrected chi connectivity index (χ2v) is 7.03. The first-order valence-corrected chi connectivity index (χ1v) is 8.64. The summed E-state index contributed by atoms with van der Waals surface area (Å²) in [6, 6.07) is 19.7. The molecular weight excluding hydrogens is 282 g/mol. The first kappa shape index (κ1) is 14.6. The van der Waals surface area contributed by atoms with Gasteiger partial charge in [-0.25, -0.2) is 0 Å². The Kier molecular flexibility index (Phi) is 3.78. The molecule has 0 aromatic heterocycles. The lowest BCUT2D eigenvalue weighted by atomic mass is 9.84. The lowest BCUT2D eigenvalue weighted by Crippen LogP contribution is -2.42. The Morgan fingerprint density at radius 3 is 2.26 bits per heavy atom. The van der Waals surface area contributed by atoms with Gasteiger partial charge in [0.1, 0.15) is 0 Å². The number of nitrogens with zero attached hydrogens (tertiary/aromatic N) is 1. The maximum absolute atomic E-state index is 13.0. The molecule has 0 N–H and O–H groups in total. The van der Waals surface area contributed by atoms with Crippen LogP contribution in [0.4, 0.5) is 0 Å². The van der Waals surface area contributed by atoms with Crippen molar-refractivity contribution < 1.29 is 4.79 Å². The molecule has 2 fully saturated rings. The quantitative estimate of drug-likeness (QED) is 0.783. The maximum Gasteiger partial charge on any atom is 0.166 e. The van der Waals surface area contributed by atoms with Gasteiger partial charge in [-0.2, -0.15) is 0 Å². The van der Waals surface area contributed by atoms with Crippen LogP contribution < -0.4 is 0 Å². The normalized spacial score (nSPS) is 27.1. The molecule has 0 spiro atoms. The van der Waals surface area contributed by atoms with E-state index in [-0.39, 0.29) is 5.92 Å². The number of piperidine rings is 1. The maximum atomic E-state index is 13.0. The highest BCUT2D eigenvalue weighted by Crippen LogP contribution is 2.38. The third-order valence-electron chi connectivity index (χ3n) is 5.72. The second-order valence-electron chi connectivity index (χ2n) is 7.03. The van der Waals surface area contributed by atoms with Crippen LogP contribution in [0.3, 0.4) is 0 Å². The molecule has 2 aromatic rings. The molecule has 23 heavy (non-hydrogen) atoms. The standard InChI is InChI=1S/C21H23NO/c1-22-19-10-11-20(22)14-18(13-19)21(23)17-9-5-8-16(12-17)15-6-3-2-4-7-15/h2-9,12,18-20H,10-11,13-14H2,1H3. The zero-order chi connectivity index (χ0) is 15.8. The Labute approximate surface area is 138 Å². The molecular formula is C21H23NO. The summed E-state index contributed by atoms with van der Waals surface area (Å²) in [6.07, 6.45) is 4.58. The largest absolute Gasteiger partial charge is 0.300 e. The number of Topliss-reactive ketones (excluding diaryl/α,β-unsaturated/α-hetero) is 1. The lowest BCUT2D eigenvalue weighted by molar-refractivity contribution is 0.0767. The van der Waals surface area contributed by atoms with Crippen LogP contribution in [0, 0.1) is 5.92 Å². The zero-order valence-corrected chi connectivity index (χ0v) is 13.6. The highest BCUT2D eigenvalue weighted by atomic mass is 16.1. The molecule has 4 rings (SSSR count). The van der Waals surface area contributed by atoms with Crippen molar-refractivity contribution in [2.45, 2.75) is 37.8 Å². The summed E-state index contributed by atoms with van der Waals surface area (Å²) in [7, 11) is 2.22. The highest BCUT2D eigenvalue weighted by Gasteiger charge is 2.40. The molecule has 2 atom stereocenters. The fourth-order valence-electron chi connectivity index (χ4n) is 4.34. The number of ketones is 1. The molecule has 0 saturated carbocycles. The fraction of sp³-hybridized carbons (Fsp3) is 0.381. The minimum Gasteiger partial charge on any atom is -0.300 e. The Morgan fingerprint density at radius 2 is 1.57 bits per heavy atom. The first-order valence-electron chi connectivity index (χ1n) is 8.64. The molecule has 0 aliphatic carbocycles. The van der Waals surface area contributed by atoms with Gasteiger partial charge in [-0.15, -0.1) is 0 Å². The molecule has 2 unspecified atom stereocenters. The summed E-state index contributed by atoms with van der Waals surface area (Å²) in [4.78, 5) is 15.5. The van der Waals surface area contributed by atoms with Crippen LogP contribution in [0.25, 0.3) is 11.1 Å². The van der Waals surface area contributed by atoms with Crippen LogP contribution in [0.1, 0.15) is 36.0 Å². The van der Waals surface area contributed by atoms with E-state index >= 15 is 0 Å². The van der Waals surface area contributed by atoms with Crippen molar-refractivity contribution in [1.29, 1.82) is 0 Å². The van der Waals surface area contributed by atoms with Crippen molar-refractivity contribution in [2.24, 2.45) is 5.92 Å². The summed E-state index contributed by atoms with van der Waals surface area (Å²) in [6.45, 7) is 0. The monoisotopic (exact) mass is 305 g/mol. The van der Waals surface area contributed by atoms with Crippen molar-refractivity contribution in [3.63, 3.8) is 0 Å². The Bertz CT molecular complexity index is 695. The third-order valence-corrected chi connectivity index (χ3v) is 5.72. The SMILES string of the molecule is CN1C2CCC1CC(C(=O)c1cccc(-c3ccccc3)c1)C2. The summed E-state index contributed by atoms with van der Waals surface area (Å²) >= 11 is 0. The van der Waals surface area contributed by atoms with Crippen molar-refractivity contribution in [1.82, 2.24) is 4.90 Å². The second kappa shape index (κ2) is 5.93. The van der Waals surface area contributed by atoms with E-state index in [9.17, 15) is 4.79 Å². The van der Waals surface area contributed by atoms with E-state index < -0.39 is 0 Å². The minimum absolute atomic E-state index is 0.203. The zero-order valence-electron chi connectivity index (χ0n) is 13.6. The minimum atomic E-state index is 0.203. The Balaban J connectivity index is 1.58. The first-order chi connectivity index (χ1) is 11.2. The molecule has 2 aromatic carbocycles. The van der Waals surface area contributed by atoms with Gasteiger partial charge in [0, 0.05) is 23.6 Å². The number of benzene rings is 2. The van der Waals surface area contributed by atoms with Crippen LogP contribution >= 0.6 is 0 Å². The van der Waals surface area contributed by atoms with E-state index in [0.29, 0.717) is 17.9 Å². The predicted molar refractivity (Wildman–Crippen MR) is 93.5 cm³/mol. The molecule has 2 bridgehead atoms. The Morgan fingerprint density at radius 1 is 0.913 bits per heavy atom. The van der Waals surface area contributed by atoms with Gasteiger partial charge in [-0.1, -0.05) is 48.5 Å². The molecule has 0 radical (unpaired) electrons. The Hall–Kier alpha value is -1.93. The number of carbonyl (C=O) groups excluding carboxylic acids is 1. The molecule has 2 aliphatic rings. The van der Waals surface area contributed by atoms with Gasteiger partial charge < -0.3 is 4.90 Å². The van der Waals surface area contributed by atoms with Crippen molar-refractivity contribution in [3.8, 4) is 11.1 Å².